The third kappa shape index (κ3) is 0.690. The highest BCUT2D eigenvalue weighted by Crippen LogP contribution is 2.27. The molecule has 11 heavy (non-hydrogen) atoms. The third-order valence-corrected chi connectivity index (χ3v) is 1.66. The highest BCUT2D eigenvalue weighted by atomic mass is 16.5. The van der Waals surface area contributed by atoms with Gasteiger partial charge in [-0.2, -0.15) is 0 Å². The quantitative estimate of drug-likeness (QED) is 0.450. The number of fused-ring (bicyclic) bond motifs is 1. The molecule has 0 N–H and O–H groups in total. The van der Waals surface area contributed by atoms with Gasteiger partial charge in [0.25, 0.3) is 5.91 Å². The standard InChI is InChI=1S/C7H5NO3/c1-8-4-2-7(10)11-5(4)3-6(8)9/h2-3H,1H3. The van der Waals surface area contributed by atoms with Crippen LogP contribution in [0.1, 0.15) is 0 Å². The molecule has 0 aromatic heterocycles. The Bertz CT molecular complexity index is 314. The first kappa shape index (κ1) is 6.15. The fourth-order valence-electron chi connectivity index (χ4n) is 1.07. The van der Waals surface area contributed by atoms with Gasteiger partial charge in [0.05, 0.1) is 11.8 Å². The Labute approximate surface area is 62.7 Å². The van der Waals surface area contributed by atoms with E-state index in [9.17, 15) is 9.59 Å². The van der Waals surface area contributed by atoms with Crippen molar-refractivity contribution in [3.8, 4) is 0 Å². The predicted octanol–water partition coefficient (Wildman–Crippen LogP) is -0.217. The van der Waals surface area contributed by atoms with Crippen LogP contribution in [-0.2, 0) is 14.3 Å². The highest BCUT2D eigenvalue weighted by Gasteiger charge is 2.32. The Morgan fingerprint density at radius 1 is 1.36 bits per heavy atom. The lowest BCUT2D eigenvalue weighted by Gasteiger charge is -2.06. The van der Waals surface area contributed by atoms with Crippen LogP contribution in [0.4, 0.5) is 0 Å². The van der Waals surface area contributed by atoms with Gasteiger partial charge in [0.2, 0.25) is 0 Å². The first-order valence-corrected chi connectivity index (χ1v) is 3.12. The van der Waals surface area contributed by atoms with Crippen LogP contribution in [0.15, 0.2) is 23.6 Å². The van der Waals surface area contributed by atoms with Crippen molar-refractivity contribution in [2.24, 2.45) is 0 Å². The molecule has 0 radical (unpaired) electrons. The number of ether oxygens (including phenoxy) is 1. The Kier molecular flexibility index (Phi) is 0.961. The highest BCUT2D eigenvalue weighted by molar-refractivity contribution is 5.99. The van der Waals surface area contributed by atoms with Gasteiger partial charge in [-0.1, -0.05) is 0 Å². The second kappa shape index (κ2) is 1.72. The number of hydrogen-bond acceptors (Lipinski definition) is 3. The molecular weight excluding hydrogens is 146 g/mol. The van der Waals surface area contributed by atoms with Gasteiger partial charge < -0.3 is 9.64 Å². The molecule has 4 nitrogen and oxygen atoms in total. The Balaban J connectivity index is 2.46. The molecule has 2 heterocycles. The first-order valence-electron chi connectivity index (χ1n) is 3.12. The van der Waals surface area contributed by atoms with Gasteiger partial charge in [-0.05, 0) is 0 Å². The van der Waals surface area contributed by atoms with E-state index in [1.165, 1.54) is 17.1 Å². The van der Waals surface area contributed by atoms with E-state index < -0.39 is 5.97 Å². The third-order valence-electron chi connectivity index (χ3n) is 1.66. The summed E-state index contributed by atoms with van der Waals surface area (Å²) in [6.07, 6.45) is 2.60. The predicted molar refractivity (Wildman–Crippen MR) is 35.0 cm³/mol. The van der Waals surface area contributed by atoms with Crippen LogP contribution in [0.25, 0.3) is 0 Å². The van der Waals surface area contributed by atoms with Crippen LogP contribution in [0.5, 0.6) is 0 Å². The van der Waals surface area contributed by atoms with Gasteiger partial charge in [0.15, 0.2) is 5.76 Å². The lowest BCUT2D eigenvalue weighted by molar-refractivity contribution is -0.132. The average molecular weight is 151 g/mol. The van der Waals surface area contributed by atoms with E-state index in [-0.39, 0.29) is 5.91 Å². The molecule has 0 aromatic rings. The van der Waals surface area contributed by atoms with Crippen LogP contribution in [0, 0.1) is 0 Å². The van der Waals surface area contributed by atoms with Gasteiger partial charge in [0, 0.05) is 13.1 Å². The van der Waals surface area contributed by atoms with Gasteiger partial charge in [-0.3, -0.25) is 4.79 Å². The summed E-state index contributed by atoms with van der Waals surface area (Å²) >= 11 is 0. The van der Waals surface area contributed by atoms with Crippen molar-refractivity contribution < 1.29 is 14.3 Å². The summed E-state index contributed by atoms with van der Waals surface area (Å²) in [7, 11) is 1.60. The lowest BCUT2D eigenvalue weighted by Crippen LogP contribution is -2.17. The smallest absolute Gasteiger partial charge is 0.338 e. The van der Waals surface area contributed by atoms with Crippen LogP contribution >= 0.6 is 0 Å². The average Bonchev–Trinajstić information content (AvgIpc) is 2.37. The van der Waals surface area contributed by atoms with Gasteiger partial charge in [0.1, 0.15) is 0 Å². The zero-order valence-electron chi connectivity index (χ0n) is 5.83. The summed E-state index contributed by atoms with van der Waals surface area (Å²) in [5.74, 6) is -0.202. The summed E-state index contributed by atoms with van der Waals surface area (Å²) in [6, 6.07) is 0. The molecule has 2 aliphatic heterocycles. The molecule has 0 saturated heterocycles. The Hall–Kier alpha value is -1.58. The van der Waals surface area contributed by atoms with Crippen LogP contribution in [0.2, 0.25) is 0 Å². The minimum absolute atomic E-state index is 0.154. The van der Waals surface area contributed by atoms with Crippen molar-refractivity contribution >= 4 is 11.9 Å². The summed E-state index contributed by atoms with van der Waals surface area (Å²) in [4.78, 5) is 22.9. The fourth-order valence-corrected chi connectivity index (χ4v) is 1.07. The normalized spacial score (nSPS) is 21.4. The molecule has 4 heteroatoms. The summed E-state index contributed by atoms with van der Waals surface area (Å²) in [5, 5.41) is 0. The molecule has 0 aliphatic carbocycles. The van der Waals surface area contributed by atoms with Crippen molar-refractivity contribution in [1.82, 2.24) is 4.90 Å². The summed E-state index contributed by atoms with van der Waals surface area (Å²) in [6.45, 7) is 0. The monoisotopic (exact) mass is 151 g/mol. The summed E-state index contributed by atoms with van der Waals surface area (Å²) in [5.41, 5.74) is 0.556. The minimum Gasteiger partial charge on any atom is -0.421 e. The number of carbonyl (C=O) groups excluding carboxylic acids is 2. The van der Waals surface area contributed by atoms with E-state index in [0.29, 0.717) is 11.5 Å². The second-order valence-corrected chi connectivity index (χ2v) is 2.36. The Morgan fingerprint density at radius 2 is 2.09 bits per heavy atom. The first-order chi connectivity index (χ1) is 5.18. The van der Waals surface area contributed by atoms with Gasteiger partial charge in [-0.25, -0.2) is 4.79 Å². The number of esters is 1. The van der Waals surface area contributed by atoms with Gasteiger partial charge >= 0.3 is 5.97 Å². The number of nitrogens with zero attached hydrogens (tertiary/aromatic N) is 1. The maximum absolute atomic E-state index is 10.9. The zero-order chi connectivity index (χ0) is 8.01. The van der Waals surface area contributed by atoms with Crippen molar-refractivity contribution in [3.05, 3.63) is 23.6 Å². The number of carbonyl (C=O) groups is 2. The van der Waals surface area contributed by atoms with E-state index >= 15 is 0 Å². The van der Waals surface area contributed by atoms with E-state index in [1.54, 1.807) is 7.05 Å². The van der Waals surface area contributed by atoms with Crippen LogP contribution < -0.4 is 0 Å². The molecule has 2 aliphatic rings. The second-order valence-electron chi connectivity index (χ2n) is 2.36. The van der Waals surface area contributed by atoms with Gasteiger partial charge in [-0.15, -0.1) is 0 Å². The van der Waals surface area contributed by atoms with E-state index in [4.69, 9.17) is 4.74 Å². The maximum Gasteiger partial charge on any atom is 0.338 e. The van der Waals surface area contributed by atoms with Crippen LogP contribution in [0.3, 0.4) is 0 Å². The molecular formula is C7H5NO3. The molecule has 56 valence electrons. The molecule has 0 saturated carbocycles. The number of rotatable bonds is 0. The molecule has 2 rings (SSSR count). The van der Waals surface area contributed by atoms with Crippen molar-refractivity contribution in [1.29, 1.82) is 0 Å². The topological polar surface area (TPSA) is 46.6 Å². The van der Waals surface area contributed by atoms with Crippen molar-refractivity contribution in [3.63, 3.8) is 0 Å². The molecule has 0 bridgehead atoms. The van der Waals surface area contributed by atoms with Crippen LogP contribution in [-0.4, -0.2) is 23.8 Å². The number of hydrogen-bond donors (Lipinski definition) is 0. The molecule has 0 unspecified atom stereocenters. The molecule has 1 amide bonds. The number of amides is 1. The van der Waals surface area contributed by atoms with Crippen molar-refractivity contribution in [2.45, 2.75) is 0 Å². The molecule has 0 spiro atoms. The zero-order valence-corrected chi connectivity index (χ0v) is 5.83. The van der Waals surface area contributed by atoms with E-state index in [1.807, 2.05) is 0 Å². The minimum atomic E-state index is -0.411. The Morgan fingerprint density at radius 3 is 2.73 bits per heavy atom. The number of likely N-dealkylation sites (N-methyl/N-ethyl adjacent to an activating group) is 1. The summed E-state index contributed by atoms with van der Waals surface area (Å²) < 4.78 is 4.69. The lowest BCUT2D eigenvalue weighted by atomic mass is 10.4. The largest absolute Gasteiger partial charge is 0.421 e. The maximum atomic E-state index is 10.9. The molecule has 0 fully saturated rings. The SMILES string of the molecule is CN1C(=O)C=C2OC(=O)C=C21. The fraction of sp³-hybridized carbons (Fsp3) is 0.143. The van der Waals surface area contributed by atoms with E-state index in [2.05, 4.69) is 0 Å². The molecule has 0 aromatic carbocycles. The van der Waals surface area contributed by atoms with E-state index in [0.717, 1.165) is 0 Å². The van der Waals surface area contributed by atoms with Crippen molar-refractivity contribution in [2.75, 3.05) is 7.05 Å². The molecule has 0 atom stereocenters.